The number of ether oxygens (including phenoxy) is 1. The molecule has 0 radical (unpaired) electrons. The minimum absolute atomic E-state index is 0.145. The number of rotatable bonds is 5. The summed E-state index contributed by atoms with van der Waals surface area (Å²) in [5.74, 6) is 0.422. The highest BCUT2D eigenvalue weighted by molar-refractivity contribution is 6.32. The number of carbonyl (C=O) groups excluding carboxylic acids is 1. The van der Waals surface area contributed by atoms with Crippen LogP contribution >= 0.6 is 11.6 Å². The topological polar surface area (TPSA) is 47.1 Å². The Morgan fingerprint density at radius 3 is 2.88 bits per heavy atom. The third-order valence-electron chi connectivity index (χ3n) is 3.68. The van der Waals surface area contributed by atoms with E-state index in [1.165, 1.54) is 0 Å². The van der Waals surface area contributed by atoms with Crippen molar-refractivity contribution in [2.75, 3.05) is 12.4 Å². The molecule has 2 aromatic carbocycles. The number of hydrogen-bond acceptors (Lipinski definition) is 2. The first-order valence-electron chi connectivity index (χ1n) is 7.37. The molecular weight excluding hydrogens is 326 g/mol. The van der Waals surface area contributed by atoms with Gasteiger partial charge in [-0.15, -0.1) is 0 Å². The van der Waals surface area contributed by atoms with Gasteiger partial charge < -0.3 is 10.1 Å². The van der Waals surface area contributed by atoms with Crippen LogP contribution in [0.3, 0.4) is 0 Å². The molecule has 3 aromatic rings. The average molecular weight is 343 g/mol. The Kier molecular flexibility index (Phi) is 4.53. The van der Waals surface area contributed by atoms with E-state index in [9.17, 15) is 4.79 Å². The van der Waals surface area contributed by atoms with Gasteiger partial charge in [0, 0.05) is 5.69 Å². The van der Waals surface area contributed by atoms with Crippen molar-refractivity contribution < 1.29 is 14.1 Å². The normalized spacial score (nSPS) is 10.6. The molecule has 3 rings (SSSR count). The van der Waals surface area contributed by atoms with Gasteiger partial charge in [0.25, 0.3) is 5.91 Å². The molecule has 24 heavy (non-hydrogen) atoms. The van der Waals surface area contributed by atoms with Gasteiger partial charge >= 0.3 is 0 Å². The van der Waals surface area contributed by atoms with E-state index in [1.807, 2.05) is 39.7 Å². The van der Waals surface area contributed by atoms with E-state index in [-0.39, 0.29) is 12.5 Å². The number of benzene rings is 2. The standard InChI is InChI=1S/C18H16ClN3O2/c1-3-21-12-22(16-7-5-4-6-15(16)21)11-18(23)20-13-8-9-17(24-2)14(19)10-13/h3-10,12H,1,11H2,2H3/p+1. The Labute approximate surface area is 144 Å². The van der Waals surface area contributed by atoms with E-state index in [2.05, 4.69) is 11.9 Å². The lowest BCUT2D eigenvalue weighted by Gasteiger charge is -2.07. The summed E-state index contributed by atoms with van der Waals surface area (Å²) >= 11 is 6.08. The van der Waals surface area contributed by atoms with Crippen molar-refractivity contribution in [3.05, 3.63) is 60.4 Å². The van der Waals surface area contributed by atoms with Gasteiger partial charge in [0.05, 0.1) is 18.3 Å². The summed E-state index contributed by atoms with van der Waals surface area (Å²) in [4.78, 5) is 12.3. The van der Waals surface area contributed by atoms with Gasteiger partial charge in [0.15, 0.2) is 17.6 Å². The summed E-state index contributed by atoms with van der Waals surface area (Å²) < 4.78 is 8.86. The number of nitrogens with one attached hydrogen (secondary N) is 1. The summed E-state index contributed by atoms with van der Waals surface area (Å²) in [6, 6.07) is 13.0. The van der Waals surface area contributed by atoms with E-state index in [1.54, 1.807) is 31.5 Å². The van der Waals surface area contributed by atoms with Gasteiger partial charge in [0.2, 0.25) is 6.33 Å². The molecule has 0 aliphatic rings. The third-order valence-corrected chi connectivity index (χ3v) is 3.97. The Morgan fingerprint density at radius 2 is 2.17 bits per heavy atom. The first-order valence-corrected chi connectivity index (χ1v) is 7.75. The number of para-hydroxylation sites is 2. The van der Waals surface area contributed by atoms with Crippen LogP contribution in [0.25, 0.3) is 17.2 Å². The maximum absolute atomic E-state index is 12.3. The zero-order valence-electron chi connectivity index (χ0n) is 13.2. The van der Waals surface area contributed by atoms with Crippen LogP contribution in [0.1, 0.15) is 0 Å². The fraction of sp³-hybridized carbons (Fsp3) is 0.111. The summed E-state index contributed by atoms with van der Waals surface area (Å²) in [5.41, 5.74) is 2.58. The van der Waals surface area contributed by atoms with Crippen LogP contribution in [0.5, 0.6) is 5.75 Å². The molecule has 0 spiro atoms. The van der Waals surface area contributed by atoms with Crippen LogP contribution in [0, 0.1) is 0 Å². The molecule has 122 valence electrons. The highest BCUT2D eigenvalue weighted by atomic mass is 35.5. The Balaban J connectivity index is 1.80. The maximum atomic E-state index is 12.3. The minimum Gasteiger partial charge on any atom is -0.495 e. The van der Waals surface area contributed by atoms with E-state index >= 15 is 0 Å². The second-order valence-corrected chi connectivity index (χ2v) is 5.63. The molecule has 0 aliphatic heterocycles. The highest BCUT2D eigenvalue weighted by Gasteiger charge is 2.16. The molecule has 0 aliphatic carbocycles. The smallest absolute Gasteiger partial charge is 0.266 e. The molecule has 1 N–H and O–H groups in total. The highest BCUT2D eigenvalue weighted by Crippen LogP contribution is 2.27. The zero-order valence-corrected chi connectivity index (χ0v) is 14.0. The molecule has 0 saturated heterocycles. The monoisotopic (exact) mass is 342 g/mol. The van der Waals surface area contributed by atoms with Gasteiger partial charge in [-0.25, -0.2) is 9.13 Å². The van der Waals surface area contributed by atoms with E-state index in [0.717, 1.165) is 11.0 Å². The van der Waals surface area contributed by atoms with Crippen LogP contribution in [-0.2, 0) is 11.3 Å². The second kappa shape index (κ2) is 6.76. The average Bonchev–Trinajstić information content (AvgIpc) is 2.93. The number of aromatic nitrogens is 2. The van der Waals surface area contributed by atoms with Crippen LogP contribution in [0.15, 0.2) is 55.4 Å². The van der Waals surface area contributed by atoms with Crippen LogP contribution in [-0.4, -0.2) is 17.6 Å². The van der Waals surface area contributed by atoms with E-state index in [4.69, 9.17) is 16.3 Å². The Bertz CT molecular complexity index is 918. The number of anilines is 1. The number of fused-ring (bicyclic) bond motifs is 1. The van der Waals surface area contributed by atoms with Gasteiger partial charge in [-0.2, -0.15) is 0 Å². The fourth-order valence-corrected chi connectivity index (χ4v) is 2.83. The van der Waals surface area contributed by atoms with Gasteiger partial charge in [-0.3, -0.25) is 4.79 Å². The van der Waals surface area contributed by atoms with Gasteiger partial charge in [-0.1, -0.05) is 30.3 Å². The molecule has 0 saturated carbocycles. The molecule has 0 fully saturated rings. The maximum Gasteiger partial charge on any atom is 0.266 e. The second-order valence-electron chi connectivity index (χ2n) is 5.22. The number of methoxy groups -OCH3 is 1. The van der Waals surface area contributed by atoms with Crippen molar-refractivity contribution in [3.8, 4) is 5.75 Å². The molecule has 6 heteroatoms. The van der Waals surface area contributed by atoms with E-state index < -0.39 is 0 Å². The SMILES string of the molecule is C=Cn1c[n+](CC(=O)Nc2ccc(OC)c(Cl)c2)c2ccccc21. The summed E-state index contributed by atoms with van der Waals surface area (Å²) in [6.07, 6.45) is 3.55. The molecule has 1 amide bonds. The minimum atomic E-state index is -0.145. The Hall–Kier alpha value is -2.79. The summed E-state index contributed by atoms with van der Waals surface area (Å²) in [6.45, 7) is 3.98. The molecule has 5 nitrogen and oxygen atoms in total. The number of amides is 1. The van der Waals surface area contributed by atoms with Crippen molar-refractivity contribution in [2.24, 2.45) is 0 Å². The summed E-state index contributed by atoms with van der Waals surface area (Å²) in [5, 5.41) is 3.29. The molecule has 1 heterocycles. The number of halogens is 1. The van der Waals surface area contributed by atoms with Crippen molar-refractivity contribution >= 4 is 40.4 Å². The van der Waals surface area contributed by atoms with Crippen LogP contribution in [0.4, 0.5) is 5.69 Å². The quantitative estimate of drug-likeness (QED) is 0.723. The molecule has 0 atom stereocenters. The largest absolute Gasteiger partial charge is 0.495 e. The number of imidazole rings is 1. The van der Waals surface area contributed by atoms with Crippen LogP contribution < -0.4 is 14.6 Å². The molecule has 1 aromatic heterocycles. The predicted octanol–water partition coefficient (Wildman–Crippen LogP) is 3.33. The first kappa shape index (κ1) is 16.1. The van der Waals surface area contributed by atoms with E-state index in [0.29, 0.717) is 16.5 Å². The summed E-state index contributed by atoms with van der Waals surface area (Å²) in [7, 11) is 1.55. The fourth-order valence-electron chi connectivity index (χ4n) is 2.57. The number of hydrogen-bond donors (Lipinski definition) is 1. The third kappa shape index (κ3) is 3.12. The Morgan fingerprint density at radius 1 is 1.38 bits per heavy atom. The first-order chi connectivity index (χ1) is 11.6. The molecule has 0 bridgehead atoms. The van der Waals surface area contributed by atoms with Crippen molar-refractivity contribution in [1.82, 2.24) is 4.57 Å². The lowest BCUT2D eigenvalue weighted by atomic mass is 10.3. The number of carbonyl (C=O) groups is 1. The molecular formula is C18H17ClN3O2+. The number of nitrogens with zero attached hydrogens (tertiary/aromatic N) is 2. The van der Waals surface area contributed by atoms with Gasteiger partial charge in [0.1, 0.15) is 5.75 Å². The van der Waals surface area contributed by atoms with Gasteiger partial charge in [-0.05, 0) is 30.3 Å². The van der Waals surface area contributed by atoms with Crippen molar-refractivity contribution in [2.45, 2.75) is 6.54 Å². The zero-order chi connectivity index (χ0) is 17.1. The predicted molar refractivity (Wildman–Crippen MR) is 95.2 cm³/mol. The lowest BCUT2D eigenvalue weighted by Crippen LogP contribution is -2.39. The van der Waals surface area contributed by atoms with Crippen LogP contribution in [0.2, 0.25) is 5.02 Å². The lowest BCUT2D eigenvalue weighted by molar-refractivity contribution is -0.658. The van der Waals surface area contributed by atoms with Crippen molar-refractivity contribution in [3.63, 3.8) is 0 Å². The van der Waals surface area contributed by atoms with Crippen molar-refractivity contribution in [1.29, 1.82) is 0 Å². The molecule has 0 unspecified atom stereocenters.